The maximum Gasteiger partial charge on any atom is 0.0790 e. The van der Waals surface area contributed by atoms with Gasteiger partial charge < -0.3 is 5.32 Å². The Balaban J connectivity index is 2.08. The van der Waals surface area contributed by atoms with Crippen molar-refractivity contribution in [3.8, 4) is 0 Å². The summed E-state index contributed by atoms with van der Waals surface area (Å²) in [5.74, 6) is 2.00. The van der Waals surface area contributed by atoms with E-state index < -0.39 is 0 Å². The fourth-order valence-corrected chi connectivity index (χ4v) is 2.96. The van der Waals surface area contributed by atoms with Gasteiger partial charge >= 0.3 is 0 Å². The van der Waals surface area contributed by atoms with Gasteiger partial charge in [0.15, 0.2) is 0 Å². The van der Waals surface area contributed by atoms with Crippen LogP contribution >= 0.6 is 23.4 Å². The molecule has 0 aliphatic carbocycles. The highest BCUT2D eigenvalue weighted by Crippen LogP contribution is 2.32. The highest BCUT2D eigenvalue weighted by molar-refractivity contribution is 7.99. The van der Waals surface area contributed by atoms with Crippen LogP contribution in [0.1, 0.15) is 17.9 Å². The lowest BCUT2D eigenvalue weighted by atomic mass is 10.2. The van der Waals surface area contributed by atoms with Crippen LogP contribution in [0.15, 0.2) is 24.3 Å². The first-order chi connectivity index (χ1) is 6.75. The lowest BCUT2D eigenvalue weighted by molar-refractivity contribution is 0.529. The molecule has 1 N–H and O–H groups in total. The Morgan fingerprint density at radius 1 is 1.50 bits per heavy atom. The number of halogens is 1. The van der Waals surface area contributed by atoms with Crippen molar-refractivity contribution in [2.75, 3.05) is 12.3 Å². The summed E-state index contributed by atoms with van der Waals surface area (Å²) >= 11 is 7.92. The molecule has 3 heteroatoms. The van der Waals surface area contributed by atoms with Crippen molar-refractivity contribution < 1.29 is 0 Å². The van der Waals surface area contributed by atoms with Crippen LogP contribution in [-0.2, 0) is 0 Å². The zero-order valence-electron chi connectivity index (χ0n) is 8.16. The second-order valence-electron chi connectivity index (χ2n) is 3.78. The zero-order chi connectivity index (χ0) is 9.97. The Morgan fingerprint density at radius 3 is 3.00 bits per heavy atom. The fourth-order valence-electron chi connectivity index (χ4n) is 1.57. The Labute approximate surface area is 94.2 Å². The van der Waals surface area contributed by atoms with Crippen LogP contribution < -0.4 is 5.32 Å². The second kappa shape index (κ2) is 4.56. The Bertz CT molecular complexity index is 308. The number of thioether (sulfide) groups is 1. The Kier molecular flexibility index (Phi) is 3.37. The minimum Gasteiger partial charge on any atom is -0.301 e. The number of benzene rings is 1. The third-order valence-corrected chi connectivity index (χ3v) is 4.12. The van der Waals surface area contributed by atoms with Gasteiger partial charge in [-0.25, -0.2) is 0 Å². The molecule has 1 aromatic carbocycles. The molecule has 0 amide bonds. The van der Waals surface area contributed by atoms with Crippen molar-refractivity contribution in [1.82, 2.24) is 5.32 Å². The monoisotopic (exact) mass is 227 g/mol. The van der Waals surface area contributed by atoms with Gasteiger partial charge in [0.05, 0.1) is 5.37 Å². The molecule has 76 valence electrons. The smallest absolute Gasteiger partial charge is 0.0790 e. The van der Waals surface area contributed by atoms with Crippen molar-refractivity contribution in [3.63, 3.8) is 0 Å². The van der Waals surface area contributed by atoms with Crippen molar-refractivity contribution >= 4 is 23.4 Å². The first kappa shape index (κ1) is 10.3. The van der Waals surface area contributed by atoms with E-state index in [1.54, 1.807) is 0 Å². The molecule has 14 heavy (non-hydrogen) atoms. The van der Waals surface area contributed by atoms with E-state index in [2.05, 4.69) is 18.3 Å². The van der Waals surface area contributed by atoms with E-state index in [1.807, 2.05) is 30.0 Å². The van der Waals surface area contributed by atoms with Crippen molar-refractivity contribution in [2.24, 2.45) is 5.92 Å². The molecule has 1 heterocycles. The van der Waals surface area contributed by atoms with Crippen molar-refractivity contribution in [3.05, 3.63) is 34.9 Å². The van der Waals surface area contributed by atoms with Gasteiger partial charge in [-0.15, -0.1) is 11.8 Å². The molecule has 1 nitrogen and oxygen atoms in total. The van der Waals surface area contributed by atoms with Crippen LogP contribution in [0.2, 0.25) is 5.02 Å². The number of hydrogen-bond acceptors (Lipinski definition) is 2. The average molecular weight is 228 g/mol. The van der Waals surface area contributed by atoms with Crippen LogP contribution in [0.5, 0.6) is 0 Å². The quantitative estimate of drug-likeness (QED) is 0.790. The maximum absolute atomic E-state index is 5.96. The van der Waals surface area contributed by atoms with Gasteiger partial charge in [0, 0.05) is 5.02 Å². The molecule has 1 aliphatic heterocycles. The molecular formula is C11H14ClNS. The fraction of sp³-hybridized carbons (Fsp3) is 0.455. The summed E-state index contributed by atoms with van der Waals surface area (Å²) in [5, 5.41) is 4.76. The number of rotatable bonds is 1. The summed E-state index contributed by atoms with van der Waals surface area (Å²) in [5.41, 5.74) is 1.29. The van der Waals surface area contributed by atoms with E-state index in [1.165, 1.54) is 11.3 Å². The molecule has 0 bridgehead atoms. The van der Waals surface area contributed by atoms with Gasteiger partial charge in [0.2, 0.25) is 0 Å². The molecule has 0 aromatic heterocycles. The third-order valence-electron chi connectivity index (χ3n) is 2.35. The summed E-state index contributed by atoms with van der Waals surface area (Å²) in [6.07, 6.45) is 0. The average Bonchev–Trinajstić information content (AvgIpc) is 2.19. The highest BCUT2D eigenvalue weighted by Gasteiger charge is 2.19. The molecule has 1 aromatic rings. The summed E-state index contributed by atoms with van der Waals surface area (Å²) in [6.45, 7) is 3.37. The Morgan fingerprint density at radius 2 is 2.36 bits per heavy atom. The minimum absolute atomic E-state index is 0.421. The first-order valence-corrected chi connectivity index (χ1v) is 6.29. The molecular weight excluding hydrogens is 214 g/mol. The summed E-state index contributed by atoms with van der Waals surface area (Å²) < 4.78 is 0. The highest BCUT2D eigenvalue weighted by atomic mass is 35.5. The van der Waals surface area contributed by atoms with Gasteiger partial charge in [-0.2, -0.15) is 0 Å². The van der Waals surface area contributed by atoms with E-state index in [0.717, 1.165) is 17.5 Å². The Hall–Kier alpha value is -0.180. The normalized spacial score (nSPS) is 27.6. The number of hydrogen-bond donors (Lipinski definition) is 1. The lowest BCUT2D eigenvalue weighted by Gasteiger charge is -2.27. The van der Waals surface area contributed by atoms with Crippen molar-refractivity contribution in [1.29, 1.82) is 0 Å². The third kappa shape index (κ3) is 2.44. The zero-order valence-corrected chi connectivity index (χ0v) is 9.74. The molecule has 2 rings (SSSR count). The van der Waals surface area contributed by atoms with Gasteiger partial charge in [-0.3, -0.25) is 0 Å². The van der Waals surface area contributed by atoms with Gasteiger partial charge in [-0.05, 0) is 35.9 Å². The van der Waals surface area contributed by atoms with Crippen LogP contribution in [0.25, 0.3) is 0 Å². The largest absolute Gasteiger partial charge is 0.301 e. The van der Waals surface area contributed by atoms with E-state index in [4.69, 9.17) is 11.6 Å². The standard InChI is InChI=1S/C11H14ClNS/c1-8-6-13-11(14-7-8)9-3-2-4-10(12)5-9/h2-5,8,11,13H,6-7H2,1H3. The first-order valence-electron chi connectivity index (χ1n) is 4.86. The van der Waals surface area contributed by atoms with E-state index in [9.17, 15) is 0 Å². The molecule has 2 atom stereocenters. The predicted octanol–water partition coefficient (Wildman–Crippen LogP) is 3.31. The van der Waals surface area contributed by atoms with Gasteiger partial charge in [-0.1, -0.05) is 30.7 Å². The minimum atomic E-state index is 0.421. The molecule has 2 unspecified atom stereocenters. The summed E-state index contributed by atoms with van der Waals surface area (Å²) in [6, 6.07) is 8.11. The van der Waals surface area contributed by atoms with Crippen molar-refractivity contribution in [2.45, 2.75) is 12.3 Å². The van der Waals surface area contributed by atoms with Gasteiger partial charge in [0.1, 0.15) is 0 Å². The van der Waals surface area contributed by atoms with Crippen LogP contribution in [0.4, 0.5) is 0 Å². The van der Waals surface area contributed by atoms with E-state index in [0.29, 0.717) is 5.37 Å². The van der Waals surface area contributed by atoms with Crippen LogP contribution in [-0.4, -0.2) is 12.3 Å². The topological polar surface area (TPSA) is 12.0 Å². The molecule has 1 fully saturated rings. The predicted molar refractivity (Wildman–Crippen MR) is 63.8 cm³/mol. The molecule has 0 radical (unpaired) electrons. The van der Waals surface area contributed by atoms with Crippen LogP contribution in [0, 0.1) is 5.92 Å². The van der Waals surface area contributed by atoms with Gasteiger partial charge in [0.25, 0.3) is 0 Å². The molecule has 0 saturated carbocycles. The second-order valence-corrected chi connectivity index (χ2v) is 5.36. The molecule has 1 aliphatic rings. The maximum atomic E-state index is 5.96. The SMILES string of the molecule is CC1CNC(c2cccc(Cl)c2)SC1. The number of nitrogens with one attached hydrogen (secondary N) is 1. The molecule has 1 saturated heterocycles. The lowest BCUT2D eigenvalue weighted by Crippen LogP contribution is -2.31. The van der Waals surface area contributed by atoms with E-state index >= 15 is 0 Å². The van der Waals surface area contributed by atoms with E-state index in [-0.39, 0.29) is 0 Å². The summed E-state index contributed by atoms with van der Waals surface area (Å²) in [4.78, 5) is 0. The molecule has 0 spiro atoms. The summed E-state index contributed by atoms with van der Waals surface area (Å²) in [7, 11) is 0. The van der Waals surface area contributed by atoms with Crippen LogP contribution in [0.3, 0.4) is 0 Å².